The second kappa shape index (κ2) is 13.3. The first-order valence-corrected chi connectivity index (χ1v) is 15.5. The highest BCUT2D eigenvalue weighted by atomic mass is 79.9. The lowest BCUT2D eigenvalue weighted by atomic mass is 9.83. The smallest absolute Gasteiger partial charge is 0.264 e. The fourth-order valence-corrected chi connectivity index (χ4v) is 6.20. The molecule has 3 heterocycles. The van der Waals surface area contributed by atoms with Gasteiger partial charge in [-0.2, -0.15) is 0 Å². The molecule has 2 aliphatic rings. The van der Waals surface area contributed by atoms with Gasteiger partial charge in [-0.1, -0.05) is 65.2 Å². The third-order valence-corrected chi connectivity index (χ3v) is 8.67. The molecule has 1 saturated heterocycles. The van der Waals surface area contributed by atoms with Gasteiger partial charge in [-0.05, 0) is 55.2 Å². The molecule has 222 valence electrons. The lowest BCUT2D eigenvalue weighted by Gasteiger charge is -2.28. The normalized spacial score (nSPS) is 20.2. The van der Waals surface area contributed by atoms with Crippen molar-refractivity contribution in [3.8, 4) is 0 Å². The number of anilines is 2. The predicted molar refractivity (Wildman–Crippen MR) is 165 cm³/mol. The van der Waals surface area contributed by atoms with E-state index in [0.717, 1.165) is 47.1 Å². The van der Waals surface area contributed by atoms with Crippen LogP contribution in [0.1, 0.15) is 62.3 Å². The molecule has 1 fully saturated rings. The van der Waals surface area contributed by atoms with Crippen molar-refractivity contribution in [3.05, 3.63) is 82.1 Å². The van der Waals surface area contributed by atoms with Crippen molar-refractivity contribution >= 4 is 39.1 Å². The molecular formula is C32H38BrN5O4. The molecule has 0 unspecified atom stereocenters. The first-order chi connectivity index (χ1) is 20.3. The number of hydrogen-bond acceptors (Lipinski definition) is 6. The summed E-state index contributed by atoms with van der Waals surface area (Å²) in [4.78, 5) is 30.4. The van der Waals surface area contributed by atoms with E-state index in [1.165, 1.54) is 0 Å². The van der Waals surface area contributed by atoms with Crippen molar-refractivity contribution in [1.82, 2.24) is 15.0 Å². The van der Waals surface area contributed by atoms with E-state index in [-0.39, 0.29) is 25.0 Å². The van der Waals surface area contributed by atoms with E-state index in [2.05, 4.69) is 26.2 Å². The summed E-state index contributed by atoms with van der Waals surface area (Å²) < 4.78 is 2.51. The average molecular weight is 637 g/mol. The largest absolute Gasteiger partial charge is 0.396 e. The highest BCUT2D eigenvalue weighted by molar-refractivity contribution is 9.10. The number of aromatic nitrogens is 3. The molecule has 0 saturated carbocycles. The number of benzene rings is 2. The third kappa shape index (κ3) is 6.35. The summed E-state index contributed by atoms with van der Waals surface area (Å²) in [7, 11) is 0. The van der Waals surface area contributed by atoms with Crippen LogP contribution in [0.5, 0.6) is 0 Å². The van der Waals surface area contributed by atoms with Crippen LogP contribution in [0.3, 0.4) is 0 Å². The fourth-order valence-electron chi connectivity index (χ4n) is 5.84. The van der Waals surface area contributed by atoms with E-state index in [0.29, 0.717) is 43.6 Å². The molecule has 9 nitrogen and oxygen atoms in total. The highest BCUT2D eigenvalue weighted by Gasteiger charge is 2.52. The number of allylic oxidation sites excluding steroid dienone is 1. The minimum atomic E-state index is -1.73. The lowest BCUT2D eigenvalue weighted by Crippen LogP contribution is -2.44. The molecule has 10 heteroatoms. The Morgan fingerprint density at radius 2 is 1.95 bits per heavy atom. The van der Waals surface area contributed by atoms with Crippen LogP contribution in [0.25, 0.3) is 0 Å². The number of nitrogens with zero attached hydrogens (tertiary/aromatic N) is 5. The van der Waals surface area contributed by atoms with E-state index in [9.17, 15) is 14.7 Å². The Kier molecular flexibility index (Phi) is 9.55. The zero-order valence-electron chi connectivity index (χ0n) is 24.0. The van der Waals surface area contributed by atoms with E-state index in [1.54, 1.807) is 9.58 Å². The molecule has 3 aromatic rings. The summed E-state index contributed by atoms with van der Waals surface area (Å²) in [6.45, 7) is 3.46. The summed E-state index contributed by atoms with van der Waals surface area (Å²) >= 11 is 3.52. The summed E-state index contributed by atoms with van der Waals surface area (Å²) in [6, 6.07) is 13.4. The molecular weight excluding hydrogens is 598 g/mol. The molecule has 0 bridgehead atoms. The van der Waals surface area contributed by atoms with Gasteiger partial charge in [0.05, 0.1) is 17.9 Å². The summed E-state index contributed by atoms with van der Waals surface area (Å²) in [6.07, 6.45) is 11.4. The van der Waals surface area contributed by atoms with Gasteiger partial charge in [0.2, 0.25) is 5.91 Å². The Morgan fingerprint density at radius 3 is 2.79 bits per heavy atom. The van der Waals surface area contributed by atoms with Gasteiger partial charge in [-0.25, -0.2) is 0 Å². The van der Waals surface area contributed by atoms with Crippen LogP contribution in [-0.2, 0) is 34.7 Å². The Bertz CT molecular complexity index is 1460. The summed E-state index contributed by atoms with van der Waals surface area (Å²) in [5, 5.41) is 29.2. The maximum absolute atomic E-state index is 14.0. The van der Waals surface area contributed by atoms with Gasteiger partial charge >= 0.3 is 0 Å². The Balaban J connectivity index is 1.34. The van der Waals surface area contributed by atoms with Crippen molar-refractivity contribution in [3.63, 3.8) is 0 Å². The number of fused-ring (bicyclic) bond motifs is 1. The lowest BCUT2D eigenvalue weighted by molar-refractivity contribution is -0.139. The average Bonchev–Trinajstić information content (AvgIpc) is 3.50. The molecule has 2 aromatic carbocycles. The van der Waals surface area contributed by atoms with Crippen molar-refractivity contribution < 1.29 is 19.8 Å². The number of aryl methyl sites for hydroxylation is 1. The van der Waals surface area contributed by atoms with Gasteiger partial charge in [-0.3, -0.25) is 14.3 Å². The number of aliphatic hydroxyl groups is 2. The zero-order chi connectivity index (χ0) is 29.7. The van der Waals surface area contributed by atoms with Crippen LogP contribution >= 0.6 is 15.9 Å². The van der Waals surface area contributed by atoms with E-state index < -0.39 is 11.5 Å². The first-order valence-electron chi connectivity index (χ1n) is 14.7. The molecule has 2 amide bonds. The summed E-state index contributed by atoms with van der Waals surface area (Å²) in [5.41, 5.74) is 2.00. The van der Waals surface area contributed by atoms with Crippen molar-refractivity contribution in [2.45, 2.75) is 70.6 Å². The van der Waals surface area contributed by atoms with Crippen molar-refractivity contribution in [2.24, 2.45) is 5.92 Å². The quantitative estimate of drug-likeness (QED) is 0.307. The van der Waals surface area contributed by atoms with Crippen LogP contribution in [0, 0.1) is 5.92 Å². The number of halogens is 1. The standard InChI is InChI=1S/C32H38BrN5O4/c1-23(9-5-7-16-36-22-26(15-18-39)34-35-36)32(42)28-20-25(33)13-14-29(28)38(31(32)41)21-24-10-8-11-27(19-24)37-17-6-3-2-4-12-30(37)40/h5,8-11,13-14,19-20,22-23,39,42H,2-4,6-7,12,15-18,21H2,1H3/b9-5+/t23-,32+/m0/s1. The van der Waals surface area contributed by atoms with Crippen LogP contribution in [0.2, 0.25) is 0 Å². The predicted octanol–water partition coefficient (Wildman–Crippen LogP) is 4.89. The molecule has 5 rings (SSSR count). The van der Waals surface area contributed by atoms with E-state index >= 15 is 0 Å². The Morgan fingerprint density at radius 1 is 1.12 bits per heavy atom. The van der Waals surface area contributed by atoms with Gasteiger partial charge in [0, 0.05) is 60.4 Å². The van der Waals surface area contributed by atoms with Crippen LogP contribution in [0.15, 0.2) is 65.3 Å². The minimum absolute atomic E-state index is 0.0287. The topological polar surface area (TPSA) is 112 Å². The van der Waals surface area contributed by atoms with Gasteiger partial charge in [-0.15, -0.1) is 5.10 Å². The first kappa shape index (κ1) is 30.1. The second-order valence-electron chi connectivity index (χ2n) is 11.2. The molecule has 42 heavy (non-hydrogen) atoms. The maximum atomic E-state index is 14.0. The van der Waals surface area contributed by atoms with E-state index in [1.807, 2.05) is 72.6 Å². The third-order valence-electron chi connectivity index (χ3n) is 8.18. The van der Waals surface area contributed by atoms with Crippen molar-refractivity contribution in [1.29, 1.82) is 0 Å². The SMILES string of the molecule is C[C@@H](/C=C/CCn1cc(CCO)nn1)[C@]1(O)C(=O)N(Cc2cccc(N3CCCCCCC3=O)c2)c2ccc(Br)cc21. The minimum Gasteiger partial charge on any atom is -0.396 e. The number of aliphatic hydroxyl groups excluding tert-OH is 1. The van der Waals surface area contributed by atoms with Crippen LogP contribution < -0.4 is 9.80 Å². The van der Waals surface area contributed by atoms with E-state index in [4.69, 9.17) is 5.11 Å². The zero-order valence-corrected chi connectivity index (χ0v) is 25.5. The Labute approximate surface area is 255 Å². The molecule has 2 N–H and O–H groups in total. The molecule has 0 spiro atoms. The molecule has 0 radical (unpaired) electrons. The molecule has 2 aliphatic heterocycles. The van der Waals surface area contributed by atoms with Gasteiger partial charge in [0.1, 0.15) is 0 Å². The number of rotatable bonds is 10. The molecule has 1 aromatic heterocycles. The maximum Gasteiger partial charge on any atom is 0.264 e. The number of hydrogen-bond donors (Lipinski definition) is 2. The Hall–Kier alpha value is -3.34. The van der Waals surface area contributed by atoms with Gasteiger partial charge < -0.3 is 20.0 Å². The number of amides is 2. The number of carbonyl (C=O) groups excluding carboxylic acids is 2. The number of carbonyl (C=O) groups is 2. The highest BCUT2D eigenvalue weighted by Crippen LogP contribution is 2.46. The fraction of sp³-hybridized carbons (Fsp3) is 0.438. The molecule has 2 atom stereocenters. The van der Waals surface area contributed by atoms with Crippen LogP contribution in [-0.4, -0.2) is 50.2 Å². The van der Waals surface area contributed by atoms with Gasteiger partial charge in [0.15, 0.2) is 5.60 Å². The molecule has 0 aliphatic carbocycles. The summed E-state index contributed by atoms with van der Waals surface area (Å²) in [5.74, 6) is -0.720. The second-order valence-corrected chi connectivity index (χ2v) is 12.1. The van der Waals surface area contributed by atoms with Crippen LogP contribution in [0.4, 0.5) is 11.4 Å². The van der Waals surface area contributed by atoms with Gasteiger partial charge in [0.25, 0.3) is 5.91 Å². The monoisotopic (exact) mass is 635 g/mol. The van der Waals surface area contributed by atoms with Crippen molar-refractivity contribution in [2.75, 3.05) is 23.0 Å².